The third-order valence-electron chi connectivity index (χ3n) is 4.53. The highest BCUT2D eigenvalue weighted by Crippen LogP contribution is 2.30. The Morgan fingerprint density at radius 3 is 2.07 bits per heavy atom. The predicted octanol–water partition coefficient (Wildman–Crippen LogP) is 4.39. The van der Waals surface area contributed by atoms with Gasteiger partial charge in [0.2, 0.25) is 5.78 Å². The predicted molar refractivity (Wildman–Crippen MR) is 112 cm³/mol. The average molecular weight is 410 g/mol. The first kappa shape index (κ1) is 20.9. The van der Waals surface area contributed by atoms with Crippen LogP contribution in [0.4, 0.5) is 0 Å². The molecule has 0 amide bonds. The zero-order valence-corrected chi connectivity index (χ0v) is 17.1. The summed E-state index contributed by atoms with van der Waals surface area (Å²) in [4.78, 5) is 13.4. The molecule has 150 valence electrons. The first-order valence-corrected chi connectivity index (χ1v) is 10.1. The van der Waals surface area contributed by atoms with E-state index in [9.17, 15) is 9.00 Å². The van der Waals surface area contributed by atoms with Gasteiger partial charge in [0.05, 0.1) is 0 Å². The van der Waals surface area contributed by atoms with Crippen LogP contribution in [0.2, 0.25) is 0 Å². The van der Waals surface area contributed by atoms with Crippen molar-refractivity contribution in [3.63, 3.8) is 0 Å². The van der Waals surface area contributed by atoms with Crippen LogP contribution in [0.1, 0.15) is 21.5 Å². The van der Waals surface area contributed by atoms with E-state index in [1.165, 1.54) is 7.11 Å². The van der Waals surface area contributed by atoms with E-state index in [-0.39, 0.29) is 12.4 Å². The highest BCUT2D eigenvalue weighted by Gasteiger charge is 2.42. The molecule has 2 unspecified atom stereocenters. The monoisotopic (exact) mass is 410 g/mol. The second kappa shape index (κ2) is 9.60. The molecule has 2 atom stereocenters. The van der Waals surface area contributed by atoms with Crippen LogP contribution < -0.4 is 4.18 Å². The van der Waals surface area contributed by atoms with E-state index in [4.69, 9.17) is 13.1 Å². The lowest BCUT2D eigenvalue weighted by molar-refractivity contribution is -0.0266. The van der Waals surface area contributed by atoms with Crippen molar-refractivity contribution in [2.24, 2.45) is 0 Å². The molecule has 5 nitrogen and oxygen atoms in total. The summed E-state index contributed by atoms with van der Waals surface area (Å²) in [6.45, 7) is 1.67. The molecule has 0 saturated heterocycles. The molecule has 0 aliphatic carbocycles. The average Bonchev–Trinajstić information content (AvgIpc) is 2.77. The fourth-order valence-electron chi connectivity index (χ4n) is 2.91. The second-order valence-corrected chi connectivity index (χ2v) is 7.27. The lowest BCUT2D eigenvalue weighted by atomic mass is 9.86. The van der Waals surface area contributed by atoms with Gasteiger partial charge in [0.25, 0.3) is 0 Å². The molecule has 0 N–H and O–H groups in total. The Morgan fingerprint density at radius 2 is 1.48 bits per heavy atom. The van der Waals surface area contributed by atoms with Crippen LogP contribution in [0.25, 0.3) is 0 Å². The molecular formula is C23H22O5S. The van der Waals surface area contributed by atoms with Crippen molar-refractivity contribution in [2.45, 2.75) is 12.5 Å². The Bertz CT molecular complexity index is 958. The molecule has 0 fully saturated rings. The highest BCUT2D eigenvalue weighted by molar-refractivity contribution is 7.75. The maximum atomic E-state index is 13.4. The summed E-state index contributed by atoms with van der Waals surface area (Å²) in [6, 6.07) is 24.9. The van der Waals surface area contributed by atoms with Crippen LogP contribution in [-0.2, 0) is 25.9 Å². The topological polar surface area (TPSA) is 61.8 Å². The van der Waals surface area contributed by atoms with Gasteiger partial charge >= 0.3 is 11.4 Å². The number of ketones is 1. The summed E-state index contributed by atoms with van der Waals surface area (Å²) in [6.07, 6.45) is 0. The molecule has 0 radical (unpaired) electrons. The lowest BCUT2D eigenvalue weighted by Gasteiger charge is -2.30. The van der Waals surface area contributed by atoms with E-state index in [0.717, 1.165) is 5.56 Å². The Morgan fingerprint density at radius 1 is 0.897 bits per heavy atom. The molecule has 3 aromatic rings. The first-order chi connectivity index (χ1) is 14.0. The van der Waals surface area contributed by atoms with Gasteiger partial charge in [-0.3, -0.25) is 8.98 Å². The number of Topliss-reactive ketones (excluding diaryl/α,β-unsaturated/α-hetero) is 1. The Balaban J connectivity index is 1.84. The third kappa shape index (κ3) is 4.98. The summed E-state index contributed by atoms with van der Waals surface area (Å²) >= 11 is -2.10. The number of rotatable bonds is 9. The summed E-state index contributed by atoms with van der Waals surface area (Å²) < 4.78 is 28.8. The van der Waals surface area contributed by atoms with Crippen LogP contribution in [-0.4, -0.2) is 23.7 Å². The summed E-state index contributed by atoms with van der Waals surface area (Å²) in [5.41, 5.74) is 0.658. The molecule has 6 heteroatoms. The van der Waals surface area contributed by atoms with Gasteiger partial charge in [-0.05, 0) is 24.6 Å². The fourth-order valence-corrected chi connectivity index (χ4v) is 3.49. The van der Waals surface area contributed by atoms with Gasteiger partial charge < -0.3 is 8.92 Å². The van der Waals surface area contributed by atoms with E-state index >= 15 is 0 Å². The molecule has 0 heterocycles. The smallest absolute Gasteiger partial charge is 0.360 e. The minimum atomic E-state index is -2.10. The van der Waals surface area contributed by atoms with Crippen molar-refractivity contribution in [1.29, 1.82) is 0 Å². The van der Waals surface area contributed by atoms with Crippen LogP contribution in [0.5, 0.6) is 5.75 Å². The highest BCUT2D eigenvalue weighted by atomic mass is 32.2. The van der Waals surface area contributed by atoms with Crippen molar-refractivity contribution in [3.8, 4) is 5.75 Å². The van der Waals surface area contributed by atoms with Crippen molar-refractivity contribution in [3.05, 3.63) is 102 Å². The molecule has 29 heavy (non-hydrogen) atoms. The maximum Gasteiger partial charge on any atom is 0.360 e. The molecule has 0 saturated carbocycles. The Labute approximate surface area is 173 Å². The Kier molecular flexibility index (Phi) is 6.93. The summed E-state index contributed by atoms with van der Waals surface area (Å²) in [5.74, 6) is 0.116. The van der Waals surface area contributed by atoms with E-state index in [0.29, 0.717) is 16.9 Å². The summed E-state index contributed by atoms with van der Waals surface area (Å²) in [7, 11) is 1.43. The molecule has 0 spiro atoms. The number of hydrogen-bond acceptors (Lipinski definition) is 5. The van der Waals surface area contributed by atoms with Crippen LogP contribution >= 0.6 is 0 Å². The number of methoxy groups -OCH3 is 1. The molecule has 0 aromatic heterocycles. The minimum Gasteiger partial charge on any atom is -0.380 e. The first-order valence-electron chi connectivity index (χ1n) is 9.06. The molecule has 0 aliphatic heterocycles. The fraction of sp³-hybridized carbons (Fsp3) is 0.174. The second-order valence-electron chi connectivity index (χ2n) is 6.46. The molecule has 3 aromatic carbocycles. The number of hydrogen-bond donors (Lipinski definition) is 0. The van der Waals surface area contributed by atoms with Crippen LogP contribution in [0, 0.1) is 6.92 Å². The van der Waals surface area contributed by atoms with Crippen molar-refractivity contribution < 1.29 is 22.1 Å². The SMILES string of the molecule is COC(COS(=O)Oc1ccc(C)cc1)(C(=O)c1ccccc1)c1ccccc1. The van der Waals surface area contributed by atoms with E-state index in [1.807, 2.05) is 31.2 Å². The van der Waals surface area contributed by atoms with Crippen molar-refractivity contribution in [1.82, 2.24) is 0 Å². The molecular weight excluding hydrogens is 388 g/mol. The minimum absolute atomic E-state index is 0.278. The summed E-state index contributed by atoms with van der Waals surface area (Å²) in [5, 5.41) is 0. The maximum absolute atomic E-state index is 13.4. The third-order valence-corrected chi connectivity index (χ3v) is 5.17. The van der Waals surface area contributed by atoms with Gasteiger partial charge in [0.1, 0.15) is 12.4 Å². The number of benzene rings is 3. The normalized spacial score (nSPS) is 14.0. The quantitative estimate of drug-likeness (QED) is 0.490. The number of aryl methyl sites for hydroxylation is 1. The van der Waals surface area contributed by atoms with Gasteiger partial charge in [-0.1, -0.05) is 78.4 Å². The standard InChI is InChI=1S/C23H22O5S/c1-18-13-15-21(16-14-18)28-29(25)27-17-23(26-2,20-11-7-4-8-12-20)22(24)19-9-5-3-6-10-19/h3-16H,17H2,1-2H3. The van der Waals surface area contributed by atoms with E-state index < -0.39 is 17.0 Å². The van der Waals surface area contributed by atoms with E-state index in [2.05, 4.69) is 0 Å². The van der Waals surface area contributed by atoms with Crippen molar-refractivity contribution >= 4 is 17.1 Å². The zero-order chi connectivity index (χ0) is 20.7. The lowest BCUT2D eigenvalue weighted by Crippen LogP contribution is -2.43. The van der Waals surface area contributed by atoms with Gasteiger partial charge in [-0.2, -0.15) is 4.21 Å². The number of carbonyl (C=O) groups excluding carboxylic acids is 1. The van der Waals surface area contributed by atoms with Crippen molar-refractivity contribution in [2.75, 3.05) is 13.7 Å². The van der Waals surface area contributed by atoms with Gasteiger partial charge in [-0.15, -0.1) is 0 Å². The van der Waals surface area contributed by atoms with Gasteiger partial charge in [0, 0.05) is 12.7 Å². The van der Waals surface area contributed by atoms with Gasteiger partial charge in [-0.25, -0.2) is 0 Å². The van der Waals surface area contributed by atoms with Gasteiger partial charge in [0.15, 0.2) is 5.60 Å². The number of ether oxygens (including phenoxy) is 1. The van der Waals surface area contributed by atoms with Crippen LogP contribution in [0.15, 0.2) is 84.9 Å². The van der Waals surface area contributed by atoms with E-state index in [1.54, 1.807) is 60.7 Å². The zero-order valence-electron chi connectivity index (χ0n) is 16.2. The molecule has 0 aliphatic rings. The molecule has 0 bridgehead atoms. The molecule has 3 rings (SSSR count). The van der Waals surface area contributed by atoms with Crippen LogP contribution in [0.3, 0.4) is 0 Å². The Hall–Kier alpha value is -2.80. The number of carbonyl (C=O) groups is 1. The largest absolute Gasteiger partial charge is 0.380 e.